The smallest absolute Gasteiger partial charge is 0.180 e. The number of nitrogens with one attached hydrogen (secondary N) is 2. The van der Waals surface area contributed by atoms with Gasteiger partial charge < -0.3 is 15.7 Å². The molecule has 7 nitrogen and oxygen atoms in total. The Kier molecular flexibility index (Phi) is 9.17. The van der Waals surface area contributed by atoms with Crippen LogP contribution in [-0.2, 0) is 0 Å². The lowest BCUT2D eigenvalue weighted by molar-refractivity contribution is 0.273. The Morgan fingerprint density at radius 1 is 1.14 bits per heavy atom. The van der Waals surface area contributed by atoms with E-state index in [2.05, 4.69) is 56.3 Å². The molecule has 1 atom stereocenters. The van der Waals surface area contributed by atoms with Crippen molar-refractivity contribution in [2.24, 2.45) is 26.3 Å². The predicted octanol–water partition coefficient (Wildman–Crippen LogP) is 1.28. The van der Waals surface area contributed by atoms with Crippen LogP contribution in [0, 0.1) is 5.92 Å². The van der Waals surface area contributed by atoms with E-state index in [1.165, 1.54) is 0 Å². The summed E-state index contributed by atoms with van der Waals surface area (Å²) in [5, 5.41) is 32.6. The van der Waals surface area contributed by atoms with Crippen LogP contribution < -0.4 is 10.6 Å². The summed E-state index contributed by atoms with van der Waals surface area (Å²) in [4.78, 5) is 0. The Morgan fingerprint density at radius 2 is 1.73 bits per heavy atom. The van der Waals surface area contributed by atoms with Crippen LogP contribution in [0.4, 0.5) is 0 Å². The Labute approximate surface area is 142 Å². The molecule has 124 valence electrons. The summed E-state index contributed by atoms with van der Waals surface area (Å²) in [5.41, 5.74) is 1.55. The summed E-state index contributed by atoms with van der Waals surface area (Å²) in [7, 11) is 0. The van der Waals surface area contributed by atoms with Gasteiger partial charge in [0, 0.05) is 25.6 Å². The molecule has 3 N–H and O–H groups in total. The van der Waals surface area contributed by atoms with E-state index in [0.29, 0.717) is 16.8 Å². The van der Waals surface area contributed by atoms with Crippen LogP contribution in [0.5, 0.6) is 0 Å². The van der Waals surface area contributed by atoms with E-state index in [1.54, 1.807) is 0 Å². The number of hydrogen-bond acceptors (Lipinski definition) is 5. The lowest BCUT2D eigenvalue weighted by Gasteiger charge is -2.07. The fraction of sp³-hybridized carbons (Fsp3) is 0.692. The molecule has 1 fully saturated rings. The van der Waals surface area contributed by atoms with E-state index < -0.39 is 0 Å². The molecule has 1 rings (SSSR count). The minimum Gasteiger partial charge on any atom is -0.396 e. The highest BCUT2D eigenvalue weighted by Gasteiger charge is 2.28. The average molecular weight is 345 g/mol. The Hall–Kier alpha value is -1.06. The third kappa shape index (κ3) is 6.37. The number of rotatable bonds is 6. The predicted molar refractivity (Wildman–Crippen MR) is 99.5 cm³/mol. The fourth-order valence-corrected chi connectivity index (χ4v) is 2.49. The van der Waals surface area contributed by atoms with Gasteiger partial charge in [-0.05, 0) is 33.1 Å². The summed E-state index contributed by atoms with van der Waals surface area (Å²) in [6.45, 7) is 5.49. The monoisotopic (exact) mass is 344 g/mol. The van der Waals surface area contributed by atoms with Gasteiger partial charge in [-0.25, -0.2) is 0 Å². The number of hydrogen-bond donors (Lipinski definition) is 5. The second-order valence-electron chi connectivity index (χ2n) is 4.69. The molecule has 1 saturated carbocycles. The lowest BCUT2D eigenvalue weighted by Crippen LogP contribution is -2.19. The third-order valence-electron chi connectivity index (χ3n) is 3.08. The first kappa shape index (κ1) is 19.0. The molecular weight excluding hydrogens is 320 g/mol. The van der Waals surface area contributed by atoms with Crippen molar-refractivity contribution in [3.8, 4) is 0 Å². The van der Waals surface area contributed by atoms with Crippen molar-refractivity contribution in [2.45, 2.75) is 33.1 Å². The van der Waals surface area contributed by atoms with Crippen molar-refractivity contribution in [1.82, 2.24) is 10.6 Å². The summed E-state index contributed by atoms with van der Waals surface area (Å²) < 4.78 is 0. The van der Waals surface area contributed by atoms with E-state index >= 15 is 0 Å². The van der Waals surface area contributed by atoms with E-state index in [9.17, 15) is 5.11 Å². The molecule has 0 aromatic carbocycles. The Balaban J connectivity index is 2.95. The number of nitrogens with zero attached hydrogens (tertiary/aromatic N) is 4. The molecule has 0 radical (unpaired) electrons. The molecule has 0 aromatic rings. The number of aliphatic hydroxyl groups excluding tert-OH is 1. The highest BCUT2D eigenvalue weighted by Crippen LogP contribution is 2.24. The standard InChI is InChI=1S/C13H24N6OS2/c1-3-14-12(21)18-16-10-6-5-9(7-8-20)11(10)17-19-13(22)15-4-2/h9,20H,3-8H2,1-2H3,(H2,14,18,21)(H2,15,19,22)/b16-10+,17-11+. The van der Waals surface area contributed by atoms with Crippen LogP contribution in [0.1, 0.15) is 33.1 Å². The SMILES string of the molecule is CCN/C(S)=N/N=C1\CCC(CCO)\C1=N/N=C(\S)NCC. The average Bonchev–Trinajstić information content (AvgIpc) is 2.86. The van der Waals surface area contributed by atoms with E-state index in [4.69, 9.17) is 0 Å². The van der Waals surface area contributed by atoms with Crippen LogP contribution in [0.2, 0.25) is 0 Å². The first-order valence-electron chi connectivity index (χ1n) is 7.39. The maximum atomic E-state index is 9.17. The molecule has 0 heterocycles. The summed E-state index contributed by atoms with van der Waals surface area (Å²) in [6, 6.07) is 0. The van der Waals surface area contributed by atoms with Crippen LogP contribution in [0.25, 0.3) is 0 Å². The van der Waals surface area contributed by atoms with E-state index in [1.807, 2.05) is 13.8 Å². The summed E-state index contributed by atoms with van der Waals surface area (Å²) in [5.74, 6) is 0.146. The van der Waals surface area contributed by atoms with Gasteiger partial charge in [-0.15, -0.1) is 35.5 Å². The van der Waals surface area contributed by atoms with Gasteiger partial charge in [-0.1, -0.05) is 0 Å². The second kappa shape index (κ2) is 10.6. The second-order valence-corrected chi connectivity index (χ2v) is 5.53. The number of amidine groups is 2. The zero-order chi connectivity index (χ0) is 16.4. The molecular formula is C13H24N6OS2. The van der Waals surface area contributed by atoms with Gasteiger partial charge in [0.1, 0.15) is 0 Å². The minimum atomic E-state index is 0.111. The largest absolute Gasteiger partial charge is 0.396 e. The number of thiol groups is 2. The quantitative estimate of drug-likeness (QED) is 0.217. The number of aliphatic hydroxyl groups is 1. The van der Waals surface area contributed by atoms with Gasteiger partial charge in [0.25, 0.3) is 0 Å². The zero-order valence-corrected chi connectivity index (χ0v) is 14.7. The van der Waals surface area contributed by atoms with Crippen molar-refractivity contribution in [3.63, 3.8) is 0 Å². The maximum Gasteiger partial charge on any atom is 0.180 e. The van der Waals surface area contributed by atoms with Crippen LogP contribution in [0.15, 0.2) is 20.4 Å². The van der Waals surface area contributed by atoms with E-state index in [-0.39, 0.29) is 12.5 Å². The highest BCUT2D eigenvalue weighted by atomic mass is 32.1. The minimum absolute atomic E-state index is 0.111. The third-order valence-corrected chi connectivity index (χ3v) is 3.57. The van der Waals surface area contributed by atoms with Crippen LogP contribution >= 0.6 is 25.3 Å². The van der Waals surface area contributed by atoms with Crippen molar-refractivity contribution in [1.29, 1.82) is 0 Å². The van der Waals surface area contributed by atoms with Gasteiger partial charge in [-0.3, -0.25) is 0 Å². The normalized spacial score (nSPS) is 23.4. The molecule has 0 spiro atoms. The molecule has 0 aliphatic heterocycles. The van der Waals surface area contributed by atoms with Gasteiger partial charge in [0.15, 0.2) is 10.3 Å². The van der Waals surface area contributed by atoms with Crippen molar-refractivity contribution in [3.05, 3.63) is 0 Å². The molecule has 1 aliphatic rings. The topological polar surface area (TPSA) is 93.7 Å². The first-order chi connectivity index (χ1) is 10.6. The fourth-order valence-electron chi connectivity index (χ4n) is 2.08. The van der Waals surface area contributed by atoms with Crippen molar-refractivity contribution in [2.75, 3.05) is 19.7 Å². The van der Waals surface area contributed by atoms with Crippen LogP contribution in [0.3, 0.4) is 0 Å². The molecule has 0 amide bonds. The lowest BCUT2D eigenvalue weighted by atomic mass is 10.0. The Morgan fingerprint density at radius 3 is 2.27 bits per heavy atom. The molecule has 0 aromatic heterocycles. The molecule has 0 bridgehead atoms. The summed E-state index contributed by atoms with van der Waals surface area (Å²) >= 11 is 8.39. The molecule has 1 unspecified atom stereocenters. The molecule has 1 aliphatic carbocycles. The van der Waals surface area contributed by atoms with E-state index in [0.717, 1.165) is 37.4 Å². The van der Waals surface area contributed by atoms with Crippen molar-refractivity contribution >= 4 is 47.0 Å². The van der Waals surface area contributed by atoms with Crippen LogP contribution in [-0.4, -0.2) is 46.6 Å². The van der Waals surface area contributed by atoms with Crippen molar-refractivity contribution < 1.29 is 5.11 Å². The van der Waals surface area contributed by atoms with Gasteiger partial charge in [0.2, 0.25) is 0 Å². The van der Waals surface area contributed by atoms with Gasteiger partial charge >= 0.3 is 0 Å². The maximum absolute atomic E-state index is 9.17. The Bertz CT molecular complexity index is 475. The van der Waals surface area contributed by atoms with Gasteiger partial charge in [-0.2, -0.15) is 10.2 Å². The van der Waals surface area contributed by atoms with Gasteiger partial charge in [0.05, 0.1) is 11.4 Å². The molecule has 22 heavy (non-hydrogen) atoms. The summed E-state index contributed by atoms with van der Waals surface area (Å²) in [6.07, 6.45) is 2.29. The molecule has 9 heteroatoms. The first-order valence-corrected chi connectivity index (χ1v) is 8.28. The zero-order valence-electron chi connectivity index (χ0n) is 13.0. The molecule has 0 saturated heterocycles. The highest BCUT2D eigenvalue weighted by molar-refractivity contribution is 7.97.